The highest BCUT2D eigenvalue weighted by atomic mass is 32.1. The van der Waals surface area contributed by atoms with Gasteiger partial charge in [0.25, 0.3) is 0 Å². The van der Waals surface area contributed by atoms with Crippen LogP contribution in [0.5, 0.6) is 0 Å². The van der Waals surface area contributed by atoms with E-state index in [0.717, 1.165) is 16.4 Å². The van der Waals surface area contributed by atoms with Crippen LogP contribution in [0.15, 0.2) is 29.6 Å². The Labute approximate surface area is 112 Å². The lowest BCUT2D eigenvalue weighted by molar-refractivity contribution is 0.190. The number of nitrogens with zero attached hydrogens (tertiary/aromatic N) is 1. The Balaban J connectivity index is 2.08. The minimum absolute atomic E-state index is 0.270. The van der Waals surface area contributed by atoms with Gasteiger partial charge in [-0.1, -0.05) is 29.8 Å². The third-order valence-electron chi connectivity index (χ3n) is 2.64. The van der Waals surface area contributed by atoms with Gasteiger partial charge in [-0.25, -0.2) is 4.98 Å². The minimum Gasteiger partial charge on any atom is -0.383 e. The molecule has 2 rings (SSSR count). The summed E-state index contributed by atoms with van der Waals surface area (Å²) in [5.41, 5.74) is 3.44. The topological polar surface area (TPSA) is 34.1 Å². The van der Waals surface area contributed by atoms with Crippen LogP contribution < -0.4 is 5.32 Å². The van der Waals surface area contributed by atoms with Gasteiger partial charge in [0.05, 0.1) is 12.3 Å². The molecule has 0 spiro atoms. The summed E-state index contributed by atoms with van der Waals surface area (Å²) in [5, 5.41) is 6.34. The van der Waals surface area contributed by atoms with Crippen LogP contribution in [0.25, 0.3) is 11.3 Å². The first-order valence-corrected chi connectivity index (χ1v) is 6.85. The average Bonchev–Trinajstić information content (AvgIpc) is 2.78. The molecule has 0 fully saturated rings. The van der Waals surface area contributed by atoms with Crippen LogP contribution in [-0.2, 0) is 4.74 Å². The van der Waals surface area contributed by atoms with E-state index in [4.69, 9.17) is 4.74 Å². The van der Waals surface area contributed by atoms with Gasteiger partial charge in [-0.3, -0.25) is 0 Å². The van der Waals surface area contributed by atoms with Crippen molar-refractivity contribution in [3.63, 3.8) is 0 Å². The number of hydrogen-bond donors (Lipinski definition) is 1. The van der Waals surface area contributed by atoms with Crippen molar-refractivity contribution in [2.75, 3.05) is 19.0 Å². The molecule has 3 nitrogen and oxygen atoms in total. The maximum atomic E-state index is 5.09. The third kappa shape index (κ3) is 3.31. The zero-order valence-electron chi connectivity index (χ0n) is 10.9. The van der Waals surface area contributed by atoms with Crippen molar-refractivity contribution in [3.8, 4) is 11.3 Å². The molecular formula is C14H18N2OS. The van der Waals surface area contributed by atoms with Crippen molar-refractivity contribution in [2.24, 2.45) is 0 Å². The highest BCUT2D eigenvalue weighted by molar-refractivity contribution is 7.14. The molecule has 0 unspecified atom stereocenters. The van der Waals surface area contributed by atoms with E-state index < -0.39 is 0 Å². The van der Waals surface area contributed by atoms with E-state index in [1.165, 1.54) is 5.56 Å². The molecular weight excluding hydrogens is 244 g/mol. The number of thiazole rings is 1. The maximum absolute atomic E-state index is 5.09. The highest BCUT2D eigenvalue weighted by Gasteiger charge is 2.07. The molecule has 0 bridgehead atoms. The van der Waals surface area contributed by atoms with Crippen LogP contribution >= 0.6 is 11.3 Å². The summed E-state index contributed by atoms with van der Waals surface area (Å²) >= 11 is 1.62. The molecule has 4 heteroatoms. The second-order valence-corrected chi connectivity index (χ2v) is 5.26. The summed E-state index contributed by atoms with van der Waals surface area (Å²) in [7, 11) is 1.71. The molecule has 0 aliphatic rings. The van der Waals surface area contributed by atoms with E-state index in [1.54, 1.807) is 18.4 Å². The summed E-state index contributed by atoms with van der Waals surface area (Å²) in [6.07, 6.45) is 0. The van der Waals surface area contributed by atoms with E-state index in [9.17, 15) is 0 Å². The van der Waals surface area contributed by atoms with Crippen LogP contribution in [0.4, 0.5) is 5.13 Å². The number of hydrogen-bond acceptors (Lipinski definition) is 4. The second-order valence-electron chi connectivity index (χ2n) is 4.40. The van der Waals surface area contributed by atoms with Crippen molar-refractivity contribution in [3.05, 3.63) is 35.2 Å². The molecule has 0 saturated carbocycles. The summed E-state index contributed by atoms with van der Waals surface area (Å²) in [6, 6.07) is 8.69. The van der Waals surface area contributed by atoms with Crippen molar-refractivity contribution in [1.29, 1.82) is 0 Å². The molecule has 18 heavy (non-hydrogen) atoms. The average molecular weight is 262 g/mol. The lowest BCUT2D eigenvalue weighted by Crippen LogP contribution is -2.20. The van der Waals surface area contributed by atoms with Crippen LogP contribution in [0.3, 0.4) is 0 Å². The van der Waals surface area contributed by atoms with Crippen LogP contribution in [-0.4, -0.2) is 24.7 Å². The fraction of sp³-hybridized carbons (Fsp3) is 0.357. The predicted octanol–water partition coefficient (Wildman–Crippen LogP) is 3.57. The fourth-order valence-electron chi connectivity index (χ4n) is 1.70. The highest BCUT2D eigenvalue weighted by Crippen LogP contribution is 2.25. The number of aryl methyl sites for hydroxylation is 1. The molecule has 1 aromatic heterocycles. The van der Waals surface area contributed by atoms with Gasteiger partial charge >= 0.3 is 0 Å². The first kappa shape index (κ1) is 13.1. The third-order valence-corrected chi connectivity index (χ3v) is 3.41. The van der Waals surface area contributed by atoms with Crippen LogP contribution in [0.2, 0.25) is 0 Å². The van der Waals surface area contributed by atoms with Gasteiger partial charge in [0.2, 0.25) is 0 Å². The lowest BCUT2D eigenvalue weighted by Gasteiger charge is -2.10. The quantitative estimate of drug-likeness (QED) is 0.894. The molecule has 1 aromatic carbocycles. The van der Waals surface area contributed by atoms with E-state index in [1.807, 2.05) is 0 Å². The van der Waals surface area contributed by atoms with Gasteiger partial charge in [-0.2, -0.15) is 0 Å². The summed E-state index contributed by atoms with van der Waals surface area (Å²) < 4.78 is 5.09. The predicted molar refractivity (Wildman–Crippen MR) is 77.2 cm³/mol. The van der Waals surface area contributed by atoms with E-state index in [2.05, 4.69) is 53.8 Å². The Kier molecular flexibility index (Phi) is 4.33. The summed E-state index contributed by atoms with van der Waals surface area (Å²) in [4.78, 5) is 4.58. The van der Waals surface area contributed by atoms with Gasteiger partial charge in [-0.15, -0.1) is 11.3 Å². The molecule has 0 saturated heterocycles. The van der Waals surface area contributed by atoms with Gasteiger partial charge in [-0.05, 0) is 13.8 Å². The molecule has 2 aromatic rings. The standard InChI is InChI=1S/C14H18N2OS/c1-10-4-6-12(7-5-10)13-9-18-14(16-13)15-11(2)8-17-3/h4-7,9,11H,8H2,1-3H3,(H,15,16)/t11-/m0/s1. The Morgan fingerprint density at radius 1 is 1.33 bits per heavy atom. The number of aromatic nitrogens is 1. The number of benzene rings is 1. The number of methoxy groups -OCH3 is 1. The summed E-state index contributed by atoms with van der Waals surface area (Å²) in [5.74, 6) is 0. The minimum atomic E-state index is 0.270. The van der Waals surface area contributed by atoms with Crippen molar-refractivity contribution in [1.82, 2.24) is 4.98 Å². The van der Waals surface area contributed by atoms with E-state index in [0.29, 0.717) is 6.61 Å². The van der Waals surface area contributed by atoms with Gasteiger partial charge in [0.1, 0.15) is 0 Å². The van der Waals surface area contributed by atoms with Gasteiger partial charge in [0, 0.05) is 24.1 Å². The molecule has 1 atom stereocenters. The Morgan fingerprint density at radius 3 is 2.72 bits per heavy atom. The smallest absolute Gasteiger partial charge is 0.183 e. The molecule has 0 aliphatic heterocycles. The molecule has 96 valence electrons. The lowest BCUT2D eigenvalue weighted by atomic mass is 10.1. The van der Waals surface area contributed by atoms with E-state index >= 15 is 0 Å². The number of anilines is 1. The maximum Gasteiger partial charge on any atom is 0.183 e. The molecule has 0 radical (unpaired) electrons. The van der Waals surface area contributed by atoms with E-state index in [-0.39, 0.29) is 6.04 Å². The molecule has 0 aliphatic carbocycles. The first-order valence-electron chi connectivity index (χ1n) is 5.97. The molecule has 1 N–H and O–H groups in total. The Hall–Kier alpha value is -1.39. The molecule has 1 heterocycles. The normalized spacial score (nSPS) is 12.4. The zero-order chi connectivity index (χ0) is 13.0. The zero-order valence-corrected chi connectivity index (χ0v) is 11.8. The monoisotopic (exact) mass is 262 g/mol. The molecule has 0 amide bonds. The summed E-state index contributed by atoms with van der Waals surface area (Å²) in [6.45, 7) is 4.85. The largest absolute Gasteiger partial charge is 0.383 e. The van der Waals surface area contributed by atoms with Gasteiger partial charge in [0.15, 0.2) is 5.13 Å². The Bertz CT molecular complexity index is 493. The van der Waals surface area contributed by atoms with Crippen molar-refractivity contribution in [2.45, 2.75) is 19.9 Å². The fourth-order valence-corrected chi connectivity index (χ4v) is 2.53. The van der Waals surface area contributed by atoms with Crippen molar-refractivity contribution < 1.29 is 4.74 Å². The van der Waals surface area contributed by atoms with Crippen molar-refractivity contribution >= 4 is 16.5 Å². The first-order chi connectivity index (χ1) is 8.69. The second kappa shape index (κ2) is 5.98. The Morgan fingerprint density at radius 2 is 2.06 bits per heavy atom. The number of ether oxygens (including phenoxy) is 1. The number of nitrogens with one attached hydrogen (secondary N) is 1. The number of rotatable bonds is 5. The van der Waals surface area contributed by atoms with Gasteiger partial charge < -0.3 is 10.1 Å². The SMILES string of the molecule is COC[C@H](C)Nc1nc(-c2ccc(C)cc2)cs1. The van der Waals surface area contributed by atoms with Crippen LogP contribution in [0, 0.1) is 6.92 Å². The van der Waals surface area contributed by atoms with Crippen LogP contribution in [0.1, 0.15) is 12.5 Å².